The molecule has 33 heavy (non-hydrogen) atoms. The number of methoxy groups -OCH3 is 1. The van der Waals surface area contributed by atoms with Crippen molar-refractivity contribution in [1.29, 1.82) is 0 Å². The third kappa shape index (κ3) is 4.66. The van der Waals surface area contributed by atoms with Crippen molar-refractivity contribution >= 4 is 33.2 Å². The van der Waals surface area contributed by atoms with Gasteiger partial charge in [0.1, 0.15) is 29.3 Å². The maximum absolute atomic E-state index is 14.2. The van der Waals surface area contributed by atoms with Gasteiger partial charge in [0.25, 0.3) is 0 Å². The van der Waals surface area contributed by atoms with Crippen molar-refractivity contribution in [3.8, 4) is 17.0 Å². The summed E-state index contributed by atoms with van der Waals surface area (Å²) in [5, 5.41) is 6.10. The van der Waals surface area contributed by atoms with E-state index in [0.717, 1.165) is 23.8 Å². The number of esters is 1. The second-order valence-corrected chi connectivity index (χ2v) is 8.79. The number of hydrogen-bond donors (Lipinski definition) is 1. The fraction of sp³-hybridized carbons (Fsp3) is 0.240. The molecule has 0 unspecified atom stereocenters. The highest BCUT2D eigenvalue weighted by molar-refractivity contribution is 7.17. The van der Waals surface area contributed by atoms with Crippen LogP contribution in [0.1, 0.15) is 28.8 Å². The fourth-order valence-electron chi connectivity index (χ4n) is 3.67. The van der Waals surface area contributed by atoms with Crippen molar-refractivity contribution in [3.05, 3.63) is 71.1 Å². The molecule has 0 atom stereocenters. The number of carbonyl (C=O) groups excluding carboxylic acids is 1. The molecule has 0 aliphatic heterocycles. The van der Waals surface area contributed by atoms with E-state index in [1.807, 2.05) is 29.6 Å². The molecular formula is C25H22FN3O3S. The van der Waals surface area contributed by atoms with E-state index < -0.39 is 5.97 Å². The maximum atomic E-state index is 14.2. The van der Waals surface area contributed by atoms with Crippen molar-refractivity contribution in [2.75, 3.05) is 19.0 Å². The molecule has 0 amide bonds. The summed E-state index contributed by atoms with van der Waals surface area (Å²) in [5.74, 6) is 0.485. The summed E-state index contributed by atoms with van der Waals surface area (Å²) < 4.78 is 25.9. The minimum atomic E-state index is -0.449. The molecule has 0 radical (unpaired) electrons. The number of ether oxygens (including phenoxy) is 2. The van der Waals surface area contributed by atoms with E-state index >= 15 is 0 Å². The first-order chi connectivity index (χ1) is 16.1. The summed E-state index contributed by atoms with van der Waals surface area (Å²) in [7, 11) is 1.35. The standard InChI is InChI=1S/C25H22FN3O3S/c1-31-25(30)19-4-2-3-18(23(19)32-17-5-6-17)21-13-22(29-14-28-21)27-9-7-15-11-16-8-10-33-24(16)20(26)12-15/h2-4,8,10-14,17H,5-7,9H2,1H3,(H,27,28,29). The van der Waals surface area contributed by atoms with E-state index in [2.05, 4.69) is 15.3 Å². The number of nitrogens with zero attached hydrogens (tertiary/aromatic N) is 2. The lowest BCUT2D eigenvalue weighted by molar-refractivity contribution is 0.0596. The normalized spacial score (nSPS) is 13.2. The number of thiophene rings is 1. The van der Waals surface area contributed by atoms with Gasteiger partial charge in [0.15, 0.2) is 0 Å². The zero-order valence-corrected chi connectivity index (χ0v) is 18.8. The van der Waals surface area contributed by atoms with Gasteiger partial charge >= 0.3 is 5.97 Å². The number of carbonyl (C=O) groups is 1. The van der Waals surface area contributed by atoms with Crippen LogP contribution in [0.5, 0.6) is 5.75 Å². The Kier molecular flexibility index (Phi) is 5.92. The molecule has 1 aliphatic carbocycles. The number of nitrogens with one attached hydrogen (secondary N) is 1. The van der Waals surface area contributed by atoms with E-state index in [9.17, 15) is 9.18 Å². The van der Waals surface area contributed by atoms with Gasteiger partial charge in [-0.15, -0.1) is 11.3 Å². The minimum absolute atomic E-state index is 0.106. The van der Waals surface area contributed by atoms with Gasteiger partial charge in [-0.3, -0.25) is 0 Å². The zero-order chi connectivity index (χ0) is 22.8. The number of benzene rings is 2. The Labute approximate surface area is 194 Å². The van der Waals surface area contributed by atoms with Crippen LogP contribution in [0.25, 0.3) is 21.3 Å². The van der Waals surface area contributed by atoms with Crippen LogP contribution in [0.3, 0.4) is 0 Å². The van der Waals surface area contributed by atoms with Crippen LogP contribution >= 0.6 is 11.3 Å². The Hall–Kier alpha value is -3.52. The summed E-state index contributed by atoms with van der Waals surface area (Å²) >= 11 is 1.41. The first-order valence-electron chi connectivity index (χ1n) is 10.7. The highest BCUT2D eigenvalue weighted by Gasteiger charge is 2.28. The molecule has 5 rings (SSSR count). The summed E-state index contributed by atoms with van der Waals surface area (Å²) in [6.45, 7) is 0.583. The predicted octanol–water partition coefficient (Wildman–Crippen LogP) is 5.48. The van der Waals surface area contributed by atoms with E-state index in [4.69, 9.17) is 9.47 Å². The van der Waals surface area contributed by atoms with Gasteiger partial charge in [-0.25, -0.2) is 19.2 Å². The molecular weight excluding hydrogens is 441 g/mol. The van der Waals surface area contributed by atoms with Crippen LogP contribution in [0.4, 0.5) is 10.2 Å². The van der Waals surface area contributed by atoms with Crippen molar-refractivity contribution < 1.29 is 18.7 Å². The van der Waals surface area contributed by atoms with Crippen LogP contribution < -0.4 is 10.1 Å². The molecule has 1 N–H and O–H groups in total. The Bertz CT molecular complexity index is 1320. The second-order valence-electron chi connectivity index (χ2n) is 7.87. The number of hydrogen-bond acceptors (Lipinski definition) is 7. The lowest BCUT2D eigenvalue weighted by Gasteiger charge is -2.15. The number of para-hydroxylation sites is 1. The first-order valence-corrected chi connectivity index (χ1v) is 11.6. The van der Waals surface area contributed by atoms with Gasteiger partial charge in [0.2, 0.25) is 0 Å². The summed E-state index contributed by atoms with van der Waals surface area (Å²) in [6, 6.07) is 12.7. The lowest BCUT2D eigenvalue weighted by Crippen LogP contribution is -2.09. The van der Waals surface area contributed by atoms with Gasteiger partial charge < -0.3 is 14.8 Å². The number of fused-ring (bicyclic) bond motifs is 1. The number of rotatable bonds is 8. The Morgan fingerprint density at radius 1 is 1.21 bits per heavy atom. The topological polar surface area (TPSA) is 73.3 Å². The quantitative estimate of drug-likeness (QED) is 0.349. The average molecular weight is 464 g/mol. The van der Waals surface area contributed by atoms with Crippen molar-refractivity contribution in [3.63, 3.8) is 0 Å². The Morgan fingerprint density at radius 3 is 2.91 bits per heavy atom. The van der Waals surface area contributed by atoms with Crippen LogP contribution in [-0.2, 0) is 11.2 Å². The first kappa shape index (κ1) is 21.3. The van der Waals surface area contributed by atoms with Crippen molar-refractivity contribution in [2.24, 2.45) is 0 Å². The molecule has 2 heterocycles. The van der Waals surface area contributed by atoms with Gasteiger partial charge in [-0.1, -0.05) is 12.1 Å². The SMILES string of the molecule is COC(=O)c1cccc(-c2cc(NCCc3cc(F)c4sccc4c3)ncn2)c1OC1CC1. The van der Waals surface area contributed by atoms with E-state index in [-0.39, 0.29) is 11.9 Å². The average Bonchev–Trinajstić information content (AvgIpc) is 3.52. The van der Waals surface area contributed by atoms with E-state index in [1.165, 1.54) is 24.8 Å². The molecule has 4 aromatic rings. The molecule has 2 aromatic heterocycles. The van der Waals surface area contributed by atoms with Crippen LogP contribution in [-0.4, -0.2) is 35.7 Å². The number of halogens is 1. The fourth-order valence-corrected chi connectivity index (χ4v) is 4.45. The predicted molar refractivity (Wildman–Crippen MR) is 126 cm³/mol. The number of aromatic nitrogens is 2. The van der Waals surface area contributed by atoms with E-state index in [1.54, 1.807) is 18.2 Å². The maximum Gasteiger partial charge on any atom is 0.341 e. The Balaban J connectivity index is 1.35. The van der Waals surface area contributed by atoms with Gasteiger partial charge in [-0.05, 0) is 59.9 Å². The third-order valence-electron chi connectivity index (χ3n) is 5.46. The molecule has 1 aliphatic rings. The number of anilines is 1. The zero-order valence-electron chi connectivity index (χ0n) is 18.0. The molecule has 6 nitrogen and oxygen atoms in total. The highest BCUT2D eigenvalue weighted by Crippen LogP contribution is 2.37. The molecule has 8 heteroatoms. The molecule has 0 spiro atoms. The minimum Gasteiger partial charge on any atom is -0.489 e. The molecule has 168 valence electrons. The van der Waals surface area contributed by atoms with Gasteiger partial charge in [0, 0.05) is 18.2 Å². The van der Waals surface area contributed by atoms with Gasteiger partial charge in [-0.2, -0.15) is 0 Å². The largest absolute Gasteiger partial charge is 0.489 e. The van der Waals surface area contributed by atoms with Crippen molar-refractivity contribution in [2.45, 2.75) is 25.4 Å². The third-order valence-corrected chi connectivity index (χ3v) is 6.40. The lowest BCUT2D eigenvalue weighted by atomic mass is 10.1. The smallest absolute Gasteiger partial charge is 0.341 e. The monoisotopic (exact) mass is 463 g/mol. The van der Waals surface area contributed by atoms with Gasteiger partial charge in [0.05, 0.1) is 23.6 Å². The van der Waals surface area contributed by atoms with Crippen molar-refractivity contribution in [1.82, 2.24) is 9.97 Å². The highest BCUT2D eigenvalue weighted by atomic mass is 32.1. The summed E-state index contributed by atoms with van der Waals surface area (Å²) in [4.78, 5) is 21.0. The molecule has 1 saturated carbocycles. The van der Waals surface area contributed by atoms with Crippen LogP contribution in [0.2, 0.25) is 0 Å². The molecule has 2 aromatic carbocycles. The Morgan fingerprint density at radius 2 is 2.09 bits per heavy atom. The second kappa shape index (κ2) is 9.15. The summed E-state index contributed by atoms with van der Waals surface area (Å²) in [6.07, 6.45) is 4.15. The molecule has 0 bridgehead atoms. The summed E-state index contributed by atoms with van der Waals surface area (Å²) in [5.41, 5.74) is 2.65. The molecule has 1 fully saturated rings. The van der Waals surface area contributed by atoms with Crippen LogP contribution in [0.15, 0.2) is 54.2 Å². The van der Waals surface area contributed by atoms with E-state index in [0.29, 0.717) is 46.1 Å². The molecule has 0 saturated heterocycles. The van der Waals surface area contributed by atoms with Crippen LogP contribution in [0, 0.1) is 5.82 Å².